The summed E-state index contributed by atoms with van der Waals surface area (Å²) in [4.78, 5) is 10.7. The monoisotopic (exact) mass is 263 g/mol. The minimum atomic E-state index is -4.15. The van der Waals surface area contributed by atoms with Crippen molar-refractivity contribution in [2.45, 2.75) is 18.7 Å². The van der Waals surface area contributed by atoms with E-state index in [9.17, 15) is 22.0 Å². The van der Waals surface area contributed by atoms with Gasteiger partial charge in [-0.3, -0.25) is 4.79 Å². The second-order valence-corrected chi connectivity index (χ2v) is 5.38. The first-order chi connectivity index (χ1) is 7.74. The zero-order valence-electron chi connectivity index (χ0n) is 9.20. The molecule has 0 aromatic heterocycles. The Hall–Kier alpha value is -1.50. The summed E-state index contributed by atoms with van der Waals surface area (Å²) < 4.78 is 50.4. The molecule has 1 N–H and O–H groups in total. The van der Waals surface area contributed by atoms with Crippen LogP contribution in [0, 0.1) is 17.6 Å². The van der Waals surface area contributed by atoms with Crippen molar-refractivity contribution < 1.29 is 22.0 Å². The zero-order valence-corrected chi connectivity index (χ0v) is 10.0. The van der Waals surface area contributed by atoms with E-state index >= 15 is 0 Å². The van der Waals surface area contributed by atoms with Crippen LogP contribution < -0.4 is 4.72 Å². The van der Waals surface area contributed by atoms with Gasteiger partial charge in [0.25, 0.3) is 10.0 Å². The fraction of sp³-hybridized carbons (Fsp3) is 0.300. The number of halogens is 2. The molecule has 0 atom stereocenters. The molecular formula is C10H11F2NO3S. The molecule has 0 fully saturated rings. The van der Waals surface area contributed by atoms with E-state index in [0.29, 0.717) is 12.1 Å². The lowest BCUT2D eigenvalue weighted by Gasteiger charge is -2.08. The maximum absolute atomic E-state index is 12.9. The third-order valence-corrected chi connectivity index (χ3v) is 3.31. The van der Waals surface area contributed by atoms with Gasteiger partial charge in [-0.05, 0) is 18.2 Å². The predicted octanol–water partition coefficient (Wildman–Crippen LogP) is 1.43. The van der Waals surface area contributed by atoms with Gasteiger partial charge in [0, 0.05) is 5.92 Å². The lowest BCUT2D eigenvalue weighted by molar-refractivity contribution is -0.122. The molecule has 7 heteroatoms. The average molecular weight is 263 g/mol. The summed E-state index contributed by atoms with van der Waals surface area (Å²) in [5.74, 6) is -3.69. The molecule has 0 spiro atoms. The van der Waals surface area contributed by atoms with Gasteiger partial charge < -0.3 is 0 Å². The number of carbonyl (C=O) groups is 1. The lowest BCUT2D eigenvalue weighted by atomic mass is 10.2. The summed E-state index contributed by atoms with van der Waals surface area (Å²) in [6.45, 7) is 3.02. The zero-order chi connectivity index (χ0) is 13.2. The van der Waals surface area contributed by atoms with Crippen LogP contribution in [0.4, 0.5) is 8.78 Å². The van der Waals surface area contributed by atoms with Crippen LogP contribution in [0.3, 0.4) is 0 Å². The molecule has 0 bridgehead atoms. The molecule has 0 unspecified atom stereocenters. The van der Waals surface area contributed by atoms with E-state index in [1.807, 2.05) is 0 Å². The van der Waals surface area contributed by atoms with Crippen molar-refractivity contribution >= 4 is 15.9 Å². The van der Waals surface area contributed by atoms with Crippen molar-refractivity contribution in [3.63, 3.8) is 0 Å². The number of amides is 1. The average Bonchev–Trinajstić information content (AvgIpc) is 2.21. The normalized spacial score (nSPS) is 11.6. The highest BCUT2D eigenvalue weighted by atomic mass is 32.2. The molecule has 1 aromatic rings. The maximum Gasteiger partial charge on any atom is 0.264 e. The lowest BCUT2D eigenvalue weighted by Crippen LogP contribution is -2.33. The van der Waals surface area contributed by atoms with Gasteiger partial charge in [-0.25, -0.2) is 21.9 Å². The number of carbonyl (C=O) groups excluding carboxylic acids is 1. The van der Waals surface area contributed by atoms with E-state index in [0.717, 1.165) is 6.07 Å². The standard InChI is InChI=1S/C10H11F2NO3S/c1-6(2)10(14)13-17(15,16)7-3-4-8(11)9(12)5-7/h3-6H,1-2H3,(H,13,14). The number of nitrogens with one attached hydrogen (secondary N) is 1. The van der Waals surface area contributed by atoms with E-state index in [1.165, 1.54) is 13.8 Å². The Balaban J connectivity index is 3.06. The Bertz CT molecular complexity index is 540. The minimum absolute atomic E-state index is 0.495. The Morgan fingerprint density at radius 2 is 1.82 bits per heavy atom. The number of sulfonamides is 1. The molecule has 17 heavy (non-hydrogen) atoms. The van der Waals surface area contributed by atoms with Gasteiger partial charge in [0.2, 0.25) is 5.91 Å². The third-order valence-electron chi connectivity index (χ3n) is 1.96. The van der Waals surface area contributed by atoms with Crippen molar-refractivity contribution in [1.82, 2.24) is 4.72 Å². The quantitative estimate of drug-likeness (QED) is 0.897. The van der Waals surface area contributed by atoms with Crippen LogP contribution in [-0.4, -0.2) is 14.3 Å². The molecule has 0 saturated carbocycles. The number of benzene rings is 1. The molecule has 4 nitrogen and oxygen atoms in total. The molecule has 0 radical (unpaired) electrons. The van der Waals surface area contributed by atoms with E-state index in [4.69, 9.17) is 0 Å². The smallest absolute Gasteiger partial charge is 0.264 e. The molecule has 0 aliphatic heterocycles. The molecule has 1 aromatic carbocycles. The number of rotatable bonds is 3. The highest BCUT2D eigenvalue weighted by molar-refractivity contribution is 7.90. The predicted molar refractivity (Wildman–Crippen MR) is 56.5 cm³/mol. The highest BCUT2D eigenvalue weighted by Crippen LogP contribution is 2.13. The molecule has 0 heterocycles. The fourth-order valence-corrected chi connectivity index (χ4v) is 2.08. The van der Waals surface area contributed by atoms with Crippen LogP contribution in [0.5, 0.6) is 0 Å². The summed E-state index contributed by atoms with van der Waals surface area (Å²) >= 11 is 0. The maximum atomic E-state index is 12.9. The summed E-state index contributed by atoms with van der Waals surface area (Å²) in [7, 11) is -4.15. The Morgan fingerprint density at radius 1 is 1.24 bits per heavy atom. The van der Waals surface area contributed by atoms with Crippen LogP contribution in [0.2, 0.25) is 0 Å². The number of hydrogen-bond donors (Lipinski definition) is 1. The largest absolute Gasteiger partial charge is 0.274 e. The van der Waals surface area contributed by atoms with Crippen molar-refractivity contribution in [2.24, 2.45) is 5.92 Å². The first-order valence-corrected chi connectivity index (χ1v) is 6.24. The van der Waals surface area contributed by atoms with Crippen molar-refractivity contribution in [2.75, 3.05) is 0 Å². The van der Waals surface area contributed by atoms with Gasteiger partial charge in [-0.1, -0.05) is 13.8 Å². The molecule has 0 saturated heterocycles. The highest BCUT2D eigenvalue weighted by Gasteiger charge is 2.20. The van der Waals surface area contributed by atoms with Gasteiger partial charge in [-0.15, -0.1) is 0 Å². The Kier molecular flexibility index (Phi) is 3.82. The van der Waals surface area contributed by atoms with Crippen molar-refractivity contribution in [1.29, 1.82) is 0 Å². The summed E-state index contributed by atoms with van der Waals surface area (Å²) in [5, 5.41) is 0. The fourth-order valence-electron chi connectivity index (χ4n) is 0.953. The molecule has 1 amide bonds. The SMILES string of the molecule is CC(C)C(=O)NS(=O)(=O)c1ccc(F)c(F)c1. The molecular weight excluding hydrogens is 252 g/mol. The van der Waals surface area contributed by atoms with E-state index in [2.05, 4.69) is 0 Å². The van der Waals surface area contributed by atoms with Crippen LogP contribution in [0.1, 0.15) is 13.8 Å². The second-order valence-electron chi connectivity index (χ2n) is 3.70. The third kappa shape index (κ3) is 3.23. The van der Waals surface area contributed by atoms with Crippen molar-refractivity contribution in [3.8, 4) is 0 Å². The molecule has 0 aliphatic rings. The van der Waals surface area contributed by atoms with Gasteiger partial charge in [0.05, 0.1) is 4.90 Å². The van der Waals surface area contributed by atoms with Crippen LogP contribution in [0.25, 0.3) is 0 Å². The van der Waals surface area contributed by atoms with E-state index < -0.39 is 38.4 Å². The Labute approximate surface area is 97.7 Å². The second kappa shape index (κ2) is 4.79. The van der Waals surface area contributed by atoms with Crippen LogP contribution in [0.15, 0.2) is 23.1 Å². The summed E-state index contributed by atoms with van der Waals surface area (Å²) in [6.07, 6.45) is 0. The van der Waals surface area contributed by atoms with E-state index in [1.54, 1.807) is 4.72 Å². The molecule has 0 aliphatic carbocycles. The summed E-state index contributed by atoms with van der Waals surface area (Å²) in [6, 6.07) is 2.09. The van der Waals surface area contributed by atoms with Gasteiger partial charge >= 0.3 is 0 Å². The molecule has 1 rings (SSSR count). The summed E-state index contributed by atoms with van der Waals surface area (Å²) in [5.41, 5.74) is 0. The minimum Gasteiger partial charge on any atom is -0.274 e. The van der Waals surface area contributed by atoms with Crippen LogP contribution >= 0.6 is 0 Å². The van der Waals surface area contributed by atoms with Crippen LogP contribution in [-0.2, 0) is 14.8 Å². The van der Waals surface area contributed by atoms with E-state index in [-0.39, 0.29) is 0 Å². The van der Waals surface area contributed by atoms with Gasteiger partial charge in [-0.2, -0.15) is 0 Å². The van der Waals surface area contributed by atoms with Gasteiger partial charge in [0.1, 0.15) is 0 Å². The Morgan fingerprint density at radius 3 is 2.29 bits per heavy atom. The number of hydrogen-bond acceptors (Lipinski definition) is 3. The molecule has 94 valence electrons. The first-order valence-electron chi connectivity index (χ1n) is 4.76. The van der Waals surface area contributed by atoms with Gasteiger partial charge in [0.15, 0.2) is 11.6 Å². The van der Waals surface area contributed by atoms with Crippen molar-refractivity contribution in [3.05, 3.63) is 29.8 Å². The topological polar surface area (TPSA) is 63.2 Å². The first kappa shape index (κ1) is 13.6.